The average Bonchev–Trinajstić information content (AvgIpc) is 2.99. The molecular weight excluding hydrogens is 539 g/mol. The van der Waals surface area contributed by atoms with Crippen molar-refractivity contribution < 1.29 is 32.3 Å². The van der Waals surface area contributed by atoms with E-state index in [9.17, 15) is 4.57 Å². The fraction of sp³-hybridized carbons (Fsp3) is 0.455. The van der Waals surface area contributed by atoms with Gasteiger partial charge in [0.15, 0.2) is 0 Å². The van der Waals surface area contributed by atoms with Crippen LogP contribution >= 0.6 is 7.82 Å². The summed E-state index contributed by atoms with van der Waals surface area (Å²) in [5, 5.41) is 0. The Morgan fingerprint density at radius 1 is 0.415 bits per heavy atom. The molecule has 0 aliphatic rings. The molecule has 224 valence electrons. The molecule has 0 amide bonds. The zero-order valence-electron chi connectivity index (χ0n) is 24.7. The quantitative estimate of drug-likeness (QED) is 0.134. The van der Waals surface area contributed by atoms with E-state index in [1.807, 2.05) is 36.4 Å². The lowest BCUT2D eigenvalue weighted by atomic mass is 10.0. The van der Waals surface area contributed by atoms with Crippen molar-refractivity contribution in [1.82, 2.24) is 0 Å². The van der Waals surface area contributed by atoms with Gasteiger partial charge in [-0.05, 0) is 71.9 Å². The van der Waals surface area contributed by atoms with E-state index in [1.165, 1.54) is 16.7 Å². The highest BCUT2D eigenvalue weighted by molar-refractivity contribution is 7.48. The fourth-order valence-corrected chi connectivity index (χ4v) is 5.85. The third-order valence-corrected chi connectivity index (χ3v) is 8.44. The third-order valence-electron chi connectivity index (χ3n) is 6.94. The molecule has 3 rings (SSSR count). The van der Waals surface area contributed by atoms with Gasteiger partial charge in [-0.15, -0.1) is 0 Å². The molecule has 0 aromatic heterocycles. The number of hydrogen-bond donors (Lipinski definition) is 0. The molecule has 0 bridgehead atoms. The standard InChI is InChI=1S/C33H45O7P/c1-35-22-16-28-10-4-7-13-31(28)19-25-38-41(34,39-26-20-32-14-8-5-11-29(32)17-23-36-2)40-27-21-33-15-9-6-12-30(33)18-24-37-3/h4-15H,16-27H2,1-3H3. The second kappa shape index (κ2) is 19.0. The van der Waals surface area contributed by atoms with Crippen molar-refractivity contribution >= 4 is 7.82 Å². The number of phosphoric acid groups is 1. The number of phosphoric ester groups is 1. The molecular formula is C33H45O7P. The highest BCUT2D eigenvalue weighted by atomic mass is 31.2. The van der Waals surface area contributed by atoms with Crippen molar-refractivity contribution in [3.05, 3.63) is 106 Å². The van der Waals surface area contributed by atoms with Crippen LogP contribution in [-0.2, 0) is 70.9 Å². The Labute approximate surface area is 245 Å². The highest BCUT2D eigenvalue weighted by Gasteiger charge is 2.27. The first-order valence-electron chi connectivity index (χ1n) is 14.3. The summed E-state index contributed by atoms with van der Waals surface area (Å²) in [6.45, 7) is 2.57. The molecule has 41 heavy (non-hydrogen) atoms. The van der Waals surface area contributed by atoms with Gasteiger partial charge in [-0.2, -0.15) is 0 Å². The molecule has 0 aliphatic carbocycles. The van der Waals surface area contributed by atoms with Crippen molar-refractivity contribution in [3.8, 4) is 0 Å². The Morgan fingerprint density at radius 2 is 0.634 bits per heavy atom. The van der Waals surface area contributed by atoms with Gasteiger partial charge in [0, 0.05) is 21.3 Å². The van der Waals surface area contributed by atoms with E-state index in [2.05, 4.69) is 36.4 Å². The van der Waals surface area contributed by atoms with Crippen molar-refractivity contribution in [2.75, 3.05) is 61.0 Å². The minimum atomic E-state index is -3.81. The summed E-state index contributed by atoms with van der Waals surface area (Å²) in [6.07, 6.45) is 4.20. The minimum Gasteiger partial charge on any atom is -0.384 e. The van der Waals surface area contributed by atoms with Crippen LogP contribution in [0, 0.1) is 0 Å². The van der Waals surface area contributed by atoms with Gasteiger partial charge in [0.25, 0.3) is 0 Å². The Bertz CT molecular complexity index is 1050. The maximum absolute atomic E-state index is 13.8. The van der Waals surface area contributed by atoms with Crippen LogP contribution in [0.4, 0.5) is 0 Å². The molecule has 7 nitrogen and oxygen atoms in total. The van der Waals surface area contributed by atoms with Crippen LogP contribution in [0.25, 0.3) is 0 Å². The van der Waals surface area contributed by atoms with E-state index in [0.717, 1.165) is 36.0 Å². The van der Waals surface area contributed by atoms with Crippen molar-refractivity contribution in [3.63, 3.8) is 0 Å². The molecule has 0 unspecified atom stereocenters. The van der Waals surface area contributed by atoms with E-state index < -0.39 is 7.82 Å². The average molecular weight is 585 g/mol. The number of benzene rings is 3. The molecule has 0 N–H and O–H groups in total. The Kier molecular flexibility index (Phi) is 15.3. The molecule has 3 aromatic rings. The number of ether oxygens (including phenoxy) is 3. The summed E-state index contributed by atoms with van der Waals surface area (Å²) in [6, 6.07) is 24.5. The largest absolute Gasteiger partial charge is 0.474 e. The second-order valence-electron chi connectivity index (χ2n) is 9.73. The molecule has 8 heteroatoms. The Morgan fingerprint density at radius 3 is 0.854 bits per heavy atom. The van der Waals surface area contributed by atoms with Crippen molar-refractivity contribution in [2.45, 2.75) is 38.5 Å². The molecule has 0 aliphatic heterocycles. The van der Waals surface area contributed by atoms with Gasteiger partial charge in [0.05, 0.1) is 39.6 Å². The SMILES string of the molecule is COCCc1ccccc1CCOP(=O)(OCCc1ccccc1CCOC)OCCc1ccccc1CCOC. The summed E-state index contributed by atoms with van der Waals surface area (Å²) >= 11 is 0. The van der Waals surface area contributed by atoms with E-state index in [1.54, 1.807) is 21.3 Å². The molecule has 0 radical (unpaired) electrons. The van der Waals surface area contributed by atoms with Gasteiger partial charge >= 0.3 is 7.82 Å². The first kappa shape index (κ1) is 33.2. The van der Waals surface area contributed by atoms with Gasteiger partial charge < -0.3 is 14.2 Å². The normalized spacial score (nSPS) is 11.7. The van der Waals surface area contributed by atoms with E-state index in [-0.39, 0.29) is 19.8 Å². The topological polar surface area (TPSA) is 72.5 Å². The van der Waals surface area contributed by atoms with Crippen LogP contribution in [0.1, 0.15) is 33.4 Å². The second-order valence-corrected chi connectivity index (χ2v) is 11.4. The number of rotatable bonds is 21. The number of hydrogen-bond acceptors (Lipinski definition) is 7. The summed E-state index contributed by atoms with van der Waals surface area (Å²) in [4.78, 5) is 0. The zero-order valence-corrected chi connectivity index (χ0v) is 25.6. The van der Waals surface area contributed by atoms with Crippen LogP contribution in [0.5, 0.6) is 0 Å². The zero-order chi connectivity index (χ0) is 29.2. The van der Waals surface area contributed by atoms with Gasteiger partial charge in [-0.1, -0.05) is 72.8 Å². The maximum atomic E-state index is 13.8. The Balaban J connectivity index is 1.64. The predicted octanol–water partition coefficient (Wildman–Crippen LogP) is 6.44. The predicted molar refractivity (Wildman–Crippen MR) is 163 cm³/mol. The third kappa shape index (κ3) is 11.8. The van der Waals surface area contributed by atoms with Crippen LogP contribution in [-0.4, -0.2) is 61.0 Å². The summed E-state index contributed by atoms with van der Waals surface area (Å²) in [5.74, 6) is 0. The van der Waals surface area contributed by atoms with Gasteiger partial charge in [-0.25, -0.2) is 4.57 Å². The van der Waals surface area contributed by atoms with Crippen LogP contribution in [0.2, 0.25) is 0 Å². The summed E-state index contributed by atoms with van der Waals surface area (Å²) < 4.78 is 47.3. The van der Waals surface area contributed by atoms with Crippen LogP contribution in [0.15, 0.2) is 72.8 Å². The lowest BCUT2D eigenvalue weighted by Gasteiger charge is -2.19. The smallest absolute Gasteiger partial charge is 0.384 e. The maximum Gasteiger partial charge on any atom is 0.474 e. The monoisotopic (exact) mass is 584 g/mol. The van der Waals surface area contributed by atoms with Crippen LogP contribution < -0.4 is 0 Å². The highest BCUT2D eigenvalue weighted by Crippen LogP contribution is 2.49. The fourth-order valence-electron chi connectivity index (χ4n) is 4.69. The molecule has 3 aromatic carbocycles. The van der Waals surface area contributed by atoms with E-state index in [0.29, 0.717) is 39.1 Å². The lowest BCUT2D eigenvalue weighted by molar-refractivity contribution is 0.115. The van der Waals surface area contributed by atoms with Crippen molar-refractivity contribution in [2.24, 2.45) is 0 Å². The van der Waals surface area contributed by atoms with Crippen LogP contribution in [0.3, 0.4) is 0 Å². The summed E-state index contributed by atoms with van der Waals surface area (Å²) in [5.41, 5.74) is 6.97. The molecule has 0 spiro atoms. The van der Waals surface area contributed by atoms with E-state index in [4.69, 9.17) is 27.8 Å². The Hall–Kier alpha value is -2.35. The minimum absolute atomic E-state index is 0.218. The molecule has 0 saturated carbocycles. The van der Waals surface area contributed by atoms with Gasteiger partial charge in [0.1, 0.15) is 0 Å². The first-order valence-corrected chi connectivity index (χ1v) is 15.8. The van der Waals surface area contributed by atoms with Crippen molar-refractivity contribution in [1.29, 1.82) is 0 Å². The van der Waals surface area contributed by atoms with Gasteiger partial charge in [-0.3, -0.25) is 13.6 Å². The summed E-state index contributed by atoms with van der Waals surface area (Å²) in [7, 11) is 1.28. The number of methoxy groups -OCH3 is 3. The molecule has 0 heterocycles. The lowest BCUT2D eigenvalue weighted by Crippen LogP contribution is -2.10. The molecule has 0 fully saturated rings. The molecule has 0 atom stereocenters. The van der Waals surface area contributed by atoms with Gasteiger partial charge in [0.2, 0.25) is 0 Å². The first-order chi connectivity index (χ1) is 20.1. The molecule has 0 saturated heterocycles. The van der Waals surface area contributed by atoms with E-state index >= 15 is 0 Å².